The van der Waals surface area contributed by atoms with Gasteiger partial charge in [-0.15, -0.1) is 0 Å². The Bertz CT molecular complexity index is 1530. The van der Waals surface area contributed by atoms with Crippen LogP contribution in [0.2, 0.25) is 0 Å². The lowest BCUT2D eigenvalue weighted by Crippen LogP contribution is -2.40. The Labute approximate surface area is 222 Å². The highest BCUT2D eigenvalue weighted by Crippen LogP contribution is 2.29. The predicted molar refractivity (Wildman–Crippen MR) is 151 cm³/mol. The summed E-state index contributed by atoms with van der Waals surface area (Å²) < 4.78 is 13.7. The standard InChI is InChI=1S/C30H33N5O3/c1-3-37-30(36)28-17-24-16-26(38-25-10-12-34(13-11-25)19(2)31)8-9-27(24)35(28)18-20-4-5-21-6-7-22(29(32)33)15-23(21)14-20/h4-9,14-17,25,31H,3,10-13,18H2,1-2H3,(H3,32,33). The smallest absolute Gasteiger partial charge is 0.354 e. The first-order chi connectivity index (χ1) is 18.3. The molecule has 4 N–H and O–H groups in total. The minimum absolute atomic E-state index is 0.0340. The summed E-state index contributed by atoms with van der Waals surface area (Å²) in [6.45, 7) is 6.06. The molecule has 0 unspecified atom stereocenters. The van der Waals surface area contributed by atoms with Gasteiger partial charge >= 0.3 is 5.97 Å². The molecule has 1 saturated heterocycles. The predicted octanol–water partition coefficient (Wildman–Crippen LogP) is 5.14. The molecule has 5 rings (SSSR count). The van der Waals surface area contributed by atoms with Gasteiger partial charge in [0.05, 0.1) is 12.4 Å². The van der Waals surface area contributed by atoms with Crippen LogP contribution in [-0.4, -0.2) is 52.9 Å². The maximum absolute atomic E-state index is 12.9. The summed E-state index contributed by atoms with van der Waals surface area (Å²) in [7, 11) is 0. The normalized spacial score (nSPS) is 14.1. The molecular weight excluding hydrogens is 478 g/mol. The summed E-state index contributed by atoms with van der Waals surface area (Å²) in [5.74, 6) is 1.05. The number of nitrogens with two attached hydrogens (primary N) is 1. The van der Waals surface area contributed by atoms with E-state index in [-0.39, 0.29) is 17.9 Å². The van der Waals surface area contributed by atoms with Crippen LogP contribution in [0.5, 0.6) is 5.75 Å². The average Bonchev–Trinajstić information content (AvgIpc) is 3.26. The number of ether oxygens (including phenoxy) is 2. The molecule has 0 aliphatic carbocycles. The average molecular weight is 512 g/mol. The minimum atomic E-state index is -0.361. The number of aromatic nitrogens is 1. The summed E-state index contributed by atoms with van der Waals surface area (Å²) in [4.78, 5) is 15.0. The molecule has 4 aromatic rings. The van der Waals surface area contributed by atoms with Crippen molar-refractivity contribution < 1.29 is 14.3 Å². The van der Waals surface area contributed by atoms with Gasteiger partial charge in [0.2, 0.25) is 0 Å². The Balaban J connectivity index is 1.45. The van der Waals surface area contributed by atoms with Crippen molar-refractivity contribution >= 4 is 39.3 Å². The number of benzene rings is 3. The molecule has 8 nitrogen and oxygen atoms in total. The summed E-state index contributed by atoms with van der Waals surface area (Å²) in [6, 6.07) is 19.7. The molecule has 3 aromatic carbocycles. The Morgan fingerprint density at radius 2 is 1.74 bits per heavy atom. The zero-order valence-electron chi connectivity index (χ0n) is 21.8. The molecule has 1 aliphatic heterocycles. The molecule has 0 saturated carbocycles. The Morgan fingerprint density at radius 3 is 2.45 bits per heavy atom. The Hall–Kier alpha value is -4.33. The van der Waals surface area contributed by atoms with E-state index < -0.39 is 0 Å². The van der Waals surface area contributed by atoms with Gasteiger partial charge in [0.1, 0.15) is 23.4 Å². The Morgan fingerprint density at radius 1 is 0.974 bits per heavy atom. The van der Waals surface area contributed by atoms with Crippen molar-refractivity contribution in [1.29, 1.82) is 10.8 Å². The molecule has 0 atom stereocenters. The van der Waals surface area contributed by atoms with Crippen molar-refractivity contribution in [2.24, 2.45) is 5.73 Å². The first-order valence-electron chi connectivity index (χ1n) is 13.0. The van der Waals surface area contributed by atoms with Gasteiger partial charge in [0.15, 0.2) is 0 Å². The number of rotatable bonds is 7. The first-order valence-corrected chi connectivity index (χ1v) is 13.0. The van der Waals surface area contributed by atoms with Crippen LogP contribution in [0.3, 0.4) is 0 Å². The van der Waals surface area contributed by atoms with E-state index in [0.717, 1.165) is 58.9 Å². The van der Waals surface area contributed by atoms with E-state index in [9.17, 15) is 4.79 Å². The summed E-state index contributed by atoms with van der Waals surface area (Å²) in [5.41, 5.74) is 8.81. The molecule has 0 amide bonds. The fourth-order valence-corrected chi connectivity index (χ4v) is 5.11. The molecule has 0 radical (unpaired) electrons. The number of amidine groups is 2. The SMILES string of the molecule is CCOC(=O)c1cc2cc(OC3CCN(C(C)=N)CC3)ccc2n1Cc1ccc2ccc(C(=N)N)cc2c1. The van der Waals surface area contributed by atoms with Crippen LogP contribution in [0, 0.1) is 10.8 Å². The largest absolute Gasteiger partial charge is 0.490 e. The zero-order valence-corrected chi connectivity index (χ0v) is 21.8. The number of esters is 1. The van der Waals surface area contributed by atoms with Gasteiger partial charge in [-0.25, -0.2) is 4.79 Å². The number of nitrogens with one attached hydrogen (secondary N) is 2. The number of carbonyl (C=O) groups excluding carboxylic acids is 1. The number of hydrogen-bond donors (Lipinski definition) is 3. The molecule has 8 heteroatoms. The van der Waals surface area contributed by atoms with Gasteiger partial charge in [-0.3, -0.25) is 10.8 Å². The third-order valence-electron chi connectivity index (χ3n) is 7.13. The van der Waals surface area contributed by atoms with E-state index in [4.69, 9.17) is 26.0 Å². The molecule has 2 heterocycles. The number of nitrogen functional groups attached to an aromatic ring is 1. The minimum Gasteiger partial charge on any atom is -0.490 e. The van der Waals surface area contributed by atoms with Crippen LogP contribution in [0.15, 0.2) is 60.7 Å². The third-order valence-corrected chi connectivity index (χ3v) is 7.13. The van der Waals surface area contributed by atoms with Crippen LogP contribution in [0.4, 0.5) is 0 Å². The van der Waals surface area contributed by atoms with Crippen LogP contribution in [0.1, 0.15) is 48.3 Å². The zero-order chi connectivity index (χ0) is 26.8. The van der Waals surface area contributed by atoms with Crippen molar-refractivity contribution in [1.82, 2.24) is 9.47 Å². The van der Waals surface area contributed by atoms with E-state index in [2.05, 4.69) is 17.0 Å². The number of nitrogens with zero attached hydrogens (tertiary/aromatic N) is 2. The second kappa shape index (κ2) is 10.6. The highest BCUT2D eigenvalue weighted by molar-refractivity contribution is 5.99. The van der Waals surface area contributed by atoms with Gasteiger partial charge in [0.25, 0.3) is 0 Å². The van der Waals surface area contributed by atoms with Crippen LogP contribution >= 0.6 is 0 Å². The monoisotopic (exact) mass is 511 g/mol. The molecule has 1 fully saturated rings. The van der Waals surface area contributed by atoms with Gasteiger partial charge in [-0.1, -0.05) is 24.3 Å². The lowest BCUT2D eigenvalue weighted by atomic mass is 10.0. The third kappa shape index (κ3) is 5.20. The van der Waals surface area contributed by atoms with Crippen molar-refractivity contribution in [2.45, 2.75) is 39.3 Å². The molecule has 38 heavy (non-hydrogen) atoms. The number of hydrogen-bond acceptors (Lipinski definition) is 5. The second-order valence-electron chi connectivity index (χ2n) is 9.76. The molecule has 1 aliphatic rings. The highest BCUT2D eigenvalue weighted by Gasteiger charge is 2.22. The maximum atomic E-state index is 12.9. The van der Waals surface area contributed by atoms with E-state index in [1.165, 1.54) is 0 Å². The van der Waals surface area contributed by atoms with Crippen molar-refractivity contribution in [3.8, 4) is 5.75 Å². The second-order valence-corrected chi connectivity index (χ2v) is 9.76. The molecule has 0 spiro atoms. The van der Waals surface area contributed by atoms with Crippen molar-refractivity contribution in [3.05, 3.63) is 77.5 Å². The van der Waals surface area contributed by atoms with E-state index in [1.54, 1.807) is 6.92 Å². The molecule has 0 bridgehead atoms. The number of piperidine rings is 1. The lowest BCUT2D eigenvalue weighted by molar-refractivity contribution is 0.0515. The fourth-order valence-electron chi connectivity index (χ4n) is 5.11. The molecule has 1 aromatic heterocycles. The van der Waals surface area contributed by atoms with Crippen molar-refractivity contribution in [2.75, 3.05) is 19.7 Å². The van der Waals surface area contributed by atoms with Crippen molar-refractivity contribution in [3.63, 3.8) is 0 Å². The summed E-state index contributed by atoms with van der Waals surface area (Å²) in [5, 5.41) is 18.5. The summed E-state index contributed by atoms with van der Waals surface area (Å²) in [6.07, 6.45) is 1.85. The topological polar surface area (TPSA) is 117 Å². The fraction of sp³-hybridized carbons (Fsp3) is 0.300. The number of likely N-dealkylation sites (tertiary alicyclic amines) is 1. The molecular formula is C30H33N5O3. The number of carbonyl (C=O) groups is 1. The van der Waals surface area contributed by atoms with E-state index in [1.807, 2.05) is 60.0 Å². The van der Waals surface area contributed by atoms with Gasteiger partial charge in [0, 0.05) is 48.9 Å². The van der Waals surface area contributed by atoms with Gasteiger partial charge in [-0.2, -0.15) is 0 Å². The number of fused-ring (bicyclic) bond motifs is 2. The Kier molecular flexibility index (Phi) is 7.05. The van der Waals surface area contributed by atoms with E-state index in [0.29, 0.717) is 30.2 Å². The van der Waals surface area contributed by atoms with Gasteiger partial charge < -0.3 is 24.7 Å². The highest BCUT2D eigenvalue weighted by atomic mass is 16.5. The quantitative estimate of drug-likeness (QED) is 0.180. The van der Waals surface area contributed by atoms with E-state index >= 15 is 0 Å². The van der Waals surface area contributed by atoms with Crippen LogP contribution in [0.25, 0.3) is 21.7 Å². The molecule has 196 valence electrons. The maximum Gasteiger partial charge on any atom is 0.354 e. The van der Waals surface area contributed by atoms with Crippen LogP contribution < -0.4 is 10.5 Å². The van der Waals surface area contributed by atoms with Crippen LogP contribution in [-0.2, 0) is 11.3 Å². The van der Waals surface area contributed by atoms with Gasteiger partial charge in [-0.05, 0) is 66.6 Å². The lowest BCUT2D eigenvalue weighted by Gasteiger charge is -2.32. The summed E-state index contributed by atoms with van der Waals surface area (Å²) >= 11 is 0. The first kappa shape index (κ1) is 25.3.